The van der Waals surface area contributed by atoms with Crippen molar-refractivity contribution in [2.75, 3.05) is 26.4 Å². The molecule has 0 saturated carbocycles. The molecule has 0 aromatic rings. The number of unbranched alkanes of at least 4 members (excludes halogenated alkanes) is 20. The Morgan fingerprint density at radius 1 is 0.526 bits per heavy atom. The number of carbonyl (C=O) groups is 2. The molecule has 1 unspecified atom stereocenters. The highest BCUT2D eigenvalue weighted by molar-refractivity contribution is 7.47. The number of phosphoric ester groups is 1. The fourth-order valence-corrected chi connectivity index (χ4v) is 6.74. The fourth-order valence-electron chi connectivity index (χ4n) is 5.95. The van der Waals surface area contributed by atoms with E-state index >= 15 is 0 Å². The molecule has 0 aliphatic rings. The Morgan fingerprint density at radius 3 is 1.35 bits per heavy atom. The lowest BCUT2D eigenvalue weighted by atomic mass is 10.1. The maximum Gasteiger partial charge on any atom is 0.472 e. The normalized spacial score (nSPS) is 14.3. The van der Waals surface area contributed by atoms with Crippen LogP contribution in [-0.4, -0.2) is 65.7 Å². The molecular weight excluding hydrogens is 743 g/mol. The molecular formula is C46H83O10P. The molecule has 0 amide bonds. The second kappa shape index (κ2) is 42.1. The smallest absolute Gasteiger partial charge is 0.462 e. The Balaban J connectivity index is 4.40. The monoisotopic (exact) mass is 827 g/mol. The Kier molecular flexibility index (Phi) is 40.5. The maximum absolute atomic E-state index is 12.6. The van der Waals surface area contributed by atoms with Gasteiger partial charge in [0.25, 0.3) is 0 Å². The van der Waals surface area contributed by atoms with E-state index in [9.17, 15) is 24.2 Å². The summed E-state index contributed by atoms with van der Waals surface area (Å²) in [7, 11) is -4.64. The van der Waals surface area contributed by atoms with Crippen LogP contribution < -0.4 is 0 Å². The van der Waals surface area contributed by atoms with Gasteiger partial charge in [0.1, 0.15) is 12.7 Å². The zero-order valence-corrected chi connectivity index (χ0v) is 36.9. The predicted octanol–water partition coefficient (Wildman–Crippen LogP) is 12.1. The summed E-state index contributed by atoms with van der Waals surface area (Å²) in [5.74, 6) is -1.03. The van der Waals surface area contributed by atoms with Crippen molar-refractivity contribution < 1.29 is 47.8 Å². The minimum absolute atomic E-state index is 0.111. The Hall–Kier alpha value is -2.07. The molecule has 0 fully saturated rings. The van der Waals surface area contributed by atoms with Crippen LogP contribution in [0.15, 0.2) is 48.6 Å². The van der Waals surface area contributed by atoms with Gasteiger partial charge in [-0.2, -0.15) is 0 Å². The SMILES string of the molecule is CCCCCCCCCCC/C=C/C/C=C/CCCC(=O)OC[C@H](COP(=O)(O)OC[C@@H](O)CO)OC(=O)CCC/C=C/C/C=C/CCCCCCCCCCC. The summed E-state index contributed by atoms with van der Waals surface area (Å²) < 4.78 is 32.6. The van der Waals surface area contributed by atoms with Crippen molar-refractivity contribution in [3.8, 4) is 0 Å². The van der Waals surface area contributed by atoms with Crippen LogP contribution in [0.25, 0.3) is 0 Å². The Labute approximate surface area is 347 Å². The first-order valence-corrected chi connectivity index (χ1v) is 24.1. The maximum atomic E-state index is 12.6. The van der Waals surface area contributed by atoms with Crippen molar-refractivity contribution in [1.29, 1.82) is 0 Å². The number of hydrogen-bond donors (Lipinski definition) is 3. The summed E-state index contributed by atoms with van der Waals surface area (Å²) in [5.41, 5.74) is 0. The molecule has 11 heteroatoms. The molecule has 0 heterocycles. The highest BCUT2D eigenvalue weighted by Gasteiger charge is 2.27. The van der Waals surface area contributed by atoms with Gasteiger partial charge in [-0.15, -0.1) is 0 Å². The average molecular weight is 827 g/mol. The molecule has 3 N–H and O–H groups in total. The van der Waals surface area contributed by atoms with Gasteiger partial charge in [0.05, 0.1) is 19.8 Å². The zero-order valence-electron chi connectivity index (χ0n) is 36.0. The van der Waals surface area contributed by atoms with Crippen LogP contribution in [0.2, 0.25) is 0 Å². The van der Waals surface area contributed by atoms with Crippen LogP contribution in [0.1, 0.15) is 194 Å². The number of allylic oxidation sites excluding steroid dienone is 8. The van der Waals surface area contributed by atoms with Crippen molar-refractivity contribution in [3.63, 3.8) is 0 Å². The van der Waals surface area contributed by atoms with Crippen LogP contribution in [0.3, 0.4) is 0 Å². The second-order valence-electron chi connectivity index (χ2n) is 15.1. The summed E-state index contributed by atoms with van der Waals surface area (Å²) in [5, 5.41) is 18.3. The van der Waals surface area contributed by atoms with Gasteiger partial charge >= 0.3 is 19.8 Å². The van der Waals surface area contributed by atoms with Crippen molar-refractivity contribution in [3.05, 3.63) is 48.6 Å². The lowest BCUT2D eigenvalue weighted by Crippen LogP contribution is -2.29. The number of aliphatic hydroxyl groups excluding tert-OH is 2. The number of esters is 2. The van der Waals surface area contributed by atoms with Crippen LogP contribution in [0.4, 0.5) is 0 Å². The third kappa shape index (κ3) is 41.9. The molecule has 0 rings (SSSR count). The molecule has 0 radical (unpaired) electrons. The van der Waals surface area contributed by atoms with E-state index in [-0.39, 0.29) is 19.4 Å². The second-order valence-corrected chi connectivity index (χ2v) is 16.5. The molecule has 0 aliphatic heterocycles. The third-order valence-electron chi connectivity index (χ3n) is 9.46. The van der Waals surface area contributed by atoms with E-state index in [1.165, 1.54) is 116 Å². The molecule has 0 bridgehead atoms. The van der Waals surface area contributed by atoms with Crippen molar-refractivity contribution >= 4 is 19.8 Å². The van der Waals surface area contributed by atoms with Gasteiger partial charge in [0.2, 0.25) is 0 Å². The van der Waals surface area contributed by atoms with Crippen LogP contribution in [0.5, 0.6) is 0 Å². The summed E-state index contributed by atoms with van der Waals surface area (Å²) in [6, 6.07) is 0. The van der Waals surface area contributed by atoms with E-state index in [4.69, 9.17) is 19.1 Å². The van der Waals surface area contributed by atoms with Crippen LogP contribution in [0, 0.1) is 0 Å². The first kappa shape index (κ1) is 54.9. The molecule has 332 valence electrons. The number of ether oxygens (including phenoxy) is 2. The molecule has 0 aliphatic carbocycles. The van der Waals surface area contributed by atoms with Gasteiger partial charge < -0.3 is 24.6 Å². The third-order valence-corrected chi connectivity index (χ3v) is 10.4. The standard InChI is InChI=1S/C46H83O10P/c1-3-5-7-9-11-13-15-17-19-21-23-25-27-29-31-33-35-37-45(49)53-41-44(42-55-57(51,52)54-40-43(48)39-47)56-46(50)38-36-34-32-30-28-26-24-22-20-18-16-14-12-10-8-6-4-2/h23-26,29-32,43-44,47-48H,3-22,27-28,33-42H2,1-2H3,(H,51,52)/b25-23+,26-24+,31-29+,32-30+/t43-,44+/m0/s1. The summed E-state index contributed by atoms with van der Waals surface area (Å²) >= 11 is 0. The largest absolute Gasteiger partial charge is 0.472 e. The number of phosphoric acid groups is 1. The number of hydrogen-bond acceptors (Lipinski definition) is 9. The van der Waals surface area contributed by atoms with Crippen molar-refractivity contribution in [1.82, 2.24) is 0 Å². The van der Waals surface area contributed by atoms with E-state index < -0.39 is 51.8 Å². The summed E-state index contributed by atoms with van der Waals surface area (Å²) in [6.45, 7) is 2.29. The van der Waals surface area contributed by atoms with Gasteiger partial charge in [-0.1, -0.05) is 165 Å². The van der Waals surface area contributed by atoms with Crippen molar-refractivity contribution in [2.24, 2.45) is 0 Å². The highest BCUT2D eigenvalue weighted by atomic mass is 31.2. The van der Waals surface area contributed by atoms with Crippen LogP contribution >= 0.6 is 7.82 Å². The number of carbonyl (C=O) groups excluding carboxylic acids is 2. The van der Waals surface area contributed by atoms with Gasteiger partial charge in [-0.3, -0.25) is 18.6 Å². The molecule has 0 aromatic heterocycles. The number of rotatable bonds is 42. The Bertz CT molecular complexity index is 1090. The van der Waals surface area contributed by atoms with Gasteiger partial charge in [0.15, 0.2) is 6.10 Å². The number of aliphatic hydroxyl groups is 2. The zero-order chi connectivity index (χ0) is 41.9. The predicted molar refractivity (Wildman–Crippen MR) is 233 cm³/mol. The molecule has 10 nitrogen and oxygen atoms in total. The lowest BCUT2D eigenvalue weighted by molar-refractivity contribution is -0.161. The molecule has 3 atom stereocenters. The lowest BCUT2D eigenvalue weighted by Gasteiger charge is -2.20. The first-order chi connectivity index (χ1) is 27.7. The minimum atomic E-state index is -4.64. The van der Waals surface area contributed by atoms with E-state index in [1.807, 2.05) is 12.2 Å². The fraction of sp³-hybridized carbons (Fsp3) is 0.783. The average Bonchev–Trinajstić information content (AvgIpc) is 3.20. The van der Waals surface area contributed by atoms with E-state index in [0.717, 1.165) is 32.1 Å². The van der Waals surface area contributed by atoms with Gasteiger partial charge in [-0.25, -0.2) is 4.57 Å². The highest BCUT2D eigenvalue weighted by Crippen LogP contribution is 2.43. The molecule has 57 heavy (non-hydrogen) atoms. The van der Waals surface area contributed by atoms with E-state index in [2.05, 4.69) is 54.8 Å². The first-order valence-electron chi connectivity index (χ1n) is 22.6. The van der Waals surface area contributed by atoms with Gasteiger partial charge in [-0.05, 0) is 64.2 Å². The Morgan fingerprint density at radius 2 is 0.912 bits per heavy atom. The molecule has 0 aromatic carbocycles. The van der Waals surface area contributed by atoms with Crippen LogP contribution in [-0.2, 0) is 32.7 Å². The summed E-state index contributed by atoms with van der Waals surface area (Å²) in [4.78, 5) is 35.0. The quantitative estimate of drug-likeness (QED) is 0.0235. The van der Waals surface area contributed by atoms with Crippen molar-refractivity contribution in [2.45, 2.75) is 206 Å². The topological polar surface area (TPSA) is 149 Å². The van der Waals surface area contributed by atoms with Gasteiger partial charge in [0, 0.05) is 12.8 Å². The summed E-state index contributed by atoms with van der Waals surface area (Å²) in [6.07, 6.45) is 45.3. The van der Waals surface area contributed by atoms with E-state index in [1.54, 1.807) is 0 Å². The molecule has 0 saturated heterocycles. The minimum Gasteiger partial charge on any atom is -0.462 e. The van der Waals surface area contributed by atoms with E-state index in [0.29, 0.717) is 19.3 Å². The molecule has 0 spiro atoms.